The Balaban J connectivity index is 1.43. The summed E-state index contributed by atoms with van der Waals surface area (Å²) in [5, 5.41) is 9.64. The van der Waals surface area contributed by atoms with Gasteiger partial charge in [-0.1, -0.05) is 23.7 Å². The Labute approximate surface area is 199 Å². The highest BCUT2D eigenvalue weighted by atomic mass is 35.5. The predicted octanol–water partition coefficient (Wildman–Crippen LogP) is 4.69. The quantitative estimate of drug-likeness (QED) is 0.615. The van der Waals surface area contributed by atoms with Crippen LogP contribution in [0.5, 0.6) is 0 Å². The summed E-state index contributed by atoms with van der Waals surface area (Å²) in [6.07, 6.45) is 2.83. The number of hydrogen-bond donors (Lipinski definition) is 1. The van der Waals surface area contributed by atoms with Gasteiger partial charge in [0.15, 0.2) is 0 Å². The van der Waals surface area contributed by atoms with Gasteiger partial charge in [-0.15, -0.1) is 16.0 Å². The summed E-state index contributed by atoms with van der Waals surface area (Å²) >= 11 is 6.38. The first-order valence-corrected chi connectivity index (χ1v) is 12.7. The summed E-state index contributed by atoms with van der Waals surface area (Å²) in [5.41, 5.74) is 3.09. The lowest BCUT2D eigenvalue weighted by Crippen LogP contribution is -2.41. The van der Waals surface area contributed by atoms with E-state index < -0.39 is 16.8 Å². The predicted molar refractivity (Wildman–Crippen MR) is 130 cm³/mol. The minimum atomic E-state index is -2.63. The fraction of sp³-hybridized carbons (Fsp3) is 0.478. The molecule has 0 saturated heterocycles. The maximum absolute atomic E-state index is 13.4. The van der Waals surface area contributed by atoms with Crippen LogP contribution in [0.15, 0.2) is 39.4 Å². The molecule has 33 heavy (non-hydrogen) atoms. The van der Waals surface area contributed by atoms with Gasteiger partial charge < -0.3 is 9.80 Å². The molecule has 1 aromatic rings. The zero-order valence-corrected chi connectivity index (χ0v) is 20.3. The molecule has 0 radical (unpaired) electrons. The molecule has 10 heteroatoms. The van der Waals surface area contributed by atoms with Crippen molar-refractivity contribution >= 4 is 44.9 Å². The van der Waals surface area contributed by atoms with Crippen molar-refractivity contribution in [2.24, 2.45) is 16.1 Å². The number of carbonyl (C=O) groups excluding carboxylic acids is 2. The van der Waals surface area contributed by atoms with E-state index in [2.05, 4.69) is 10.2 Å². The van der Waals surface area contributed by atoms with E-state index in [1.54, 1.807) is 31.1 Å². The lowest BCUT2D eigenvalue weighted by atomic mass is 9.85. The summed E-state index contributed by atoms with van der Waals surface area (Å²) < 4.78 is 26.8. The maximum Gasteiger partial charge on any atom is 0.254 e. The zero-order chi connectivity index (χ0) is 23.8. The minimum absolute atomic E-state index is 0.0181. The lowest BCUT2D eigenvalue weighted by molar-refractivity contribution is -0.139. The van der Waals surface area contributed by atoms with Crippen molar-refractivity contribution in [2.45, 2.75) is 38.0 Å². The fourth-order valence-electron chi connectivity index (χ4n) is 4.33. The fourth-order valence-corrected chi connectivity index (χ4v) is 6.46. The summed E-state index contributed by atoms with van der Waals surface area (Å²) in [6, 6.07) is 5.29. The molecule has 2 amide bonds. The summed E-state index contributed by atoms with van der Waals surface area (Å²) in [4.78, 5) is 29.5. The largest absolute Gasteiger partial charge is 0.345 e. The van der Waals surface area contributed by atoms with E-state index in [1.165, 1.54) is 9.81 Å². The van der Waals surface area contributed by atoms with Crippen LogP contribution in [-0.2, 0) is 4.79 Å². The number of alkyl halides is 2. The molecule has 1 unspecified atom stereocenters. The van der Waals surface area contributed by atoms with Gasteiger partial charge in [0, 0.05) is 51.5 Å². The van der Waals surface area contributed by atoms with Crippen LogP contribution in [0.25, 0.3) is 0 Å². The molecule has 6 nitrogen and oxygen atoms in total. The van der Waals surface area contributed by atoms with Crippen molar-refractivity contribution in [3.63, 3.8) is 0 Å². The Morgan fingerprint density at radius 1 is 1.24 bits per heavy atom. The molecule has 1 fully saturated rings. The number of benzene rings is 1. The monoisotopic (exact) mass is 496 g/mol. The molecule has 0 aromatic heterocycles. The molecule has 1 saturated carbocycles. The summed E-state index contributed by atoms with van der Waals surface area (Å²) in [5.74, 6) is -3.12. The minimum Gasteiger partial charge on any atom is -0.345 e. The van der Waals surface area contributed by atoms with Crippen LogP contribution in [-0.4, -0.2) is 65.3 Å². The number of nitrogens with zero attached hydrogens (tertiary/aromatic N) is 4. The Morgan fingerprint density at radius 3 is 2.58 bits per heavy atom. The van der Waals surface area contributed by atoms with Gasteiger partial charge in [-0.25, -0.2) is 8.78 Å². The second kappa shape index (κ2) is 9.54. The summed E-state index contributed by atoms with van der Waals surface area (Å²) in [6.45, 7) is 1.03. The number of hydrogen-bond acceptors (Lipinski definition) is 4. The number of thiol groups is 1. The van der Waals surface area contributed by atoms with Gasteiger partial charge in [0.25, 0.3) is 5.91 Å². The van der Waals surface area contributed by atoms with Gasteiger partial charge in [0.05, 0.1) is 16.1 Å². The molecule has 2 heterocycles. The first-order valence-electron chi connectivity index (χ1n) is 10.9. The van der Waals surface area contributed by atoms with Crippen LogP contribution in [0.3, 0.4) is 0 Å². The molecular formula is C23H27ClF2N4O2S. The molecule has 0 spiro atoms. The lowest BCUT2D eigenvalue weighted by Gasteiger charge is -2.34. The molecule has 0 bridgehead atoms. The van der Waals surface area contributed by atoms with E-state index in [9.17, 15) is 18.4 Å². The number of rotatable bonds is 4. The van der Waals surface area contributed by atoms with Gasteiger partial charge in [0.1, 0.15) is 5.04 Å². The third-order valence-electron chi connectivity index (χ3n) is 6.28. The molecule has 2 aliphatic heterocycles. The number of carbonyl (C=O) groups is 2. The van der Waals surface area contributed by atoms with Crippen LogP contribution >= 0.6 is 22.5 Å². The molecule has 3 aliphatic rings. The van der Waals surface area contributed by atoms with Crippen LogP contribution < -0.4 is 0 Å². The molecule has 1 aromatic carbocycles. The van der Waals surface area contributed by atoms with E-state index >= 15 is 0 Å². The van der Waals surface area contributed by atoms with Gasteiger partial charge in [-0.3, -0.25) is 9.59 Å². The van der Waals surface area contributed by atoms with Gasteiger partial charge in [-0.05, 0) is 36.3 Å². The van der Waals surface area contributed by atoms with Gasteiger partial charge in [0.2, 0.25) is 11.8 Å². The highest BCUT2D eigenvalue weighted by Gasteiger charge is 2.39. The molecule has 0 N–H and O–H groups in total. The van der Waals surface area contributed by atoms with Crippen molar-refractivity contribution in [3.05, 3.63) is 45.3 Å². The number of halogens is 3. The zero-order valence-electron chi connectivity index (χ0n) is 18.6. The number of amides is 2. The van der Waals surface area contributed by atoms with Crippen molar-refractivity contribution in [1.29, 1.82) is 0 Å². The molecule has 178 valence electrons. The molecule has 1 atom stereocenters. The van der Waals surface area contributed by atoms with Crippen LogP contribution in [0, 0.1) is 5.92 Å². The Bertz CT molecular complexity index is 1050. The third kappa shape index (κ3) is 5.14. The SMILES string of the molecule is CN(C)C(=O)c1ccc(C2=NN=C[SH]2C2=CCN(C(=O)C3CCC(F)(F)CC3)CC2)cc1Cl. The highest BCUT2D eigenvalue weighted by molar-refractivity contribution is 8.43. The highest BCUT2D eigenvalue weighted by Crippen LogP contribution is 2.44. The topological polar surface area (TPSA) is 65.3 Å². The molecular weight excluding hydrogens is 470 g/mol. The molecule has 1 aliphatic carbocycles. The van der Waals surface area contributed by atoms with Crippen LogP contribution in [0.1, 0.15) is 48.0 Å². The van der Waals surface area contributed by atoms with Crippen LogP contribution in [0.4, 0.5) is 8.78 Å². The van der Waals surface area contributed by atoms with Gasteiger partial charge >= 0.3 is 0 Å². The van der Waals surface area contributed by atoms with E-state index in [-0.39, 0.29) is 43.4 Å². The smallest absolute Gasteiger partial charge is 0.254 e. The average molecular weight is 497 g/mol. The second-order valence-corrected chi connectivity index (χ2v) is 11.2. The Morgan fingerprint density at radius 2 is 1.97 bits per heavy atom. The third-order valence-corrected chi connectivity index (χ3v) is 8.76. The molecule has 4 rings (SSSR count). The van der Waals surface area contributed by atoms with Crippen molar-refractivity contribution in [3.8, 4) is 0 Å². The first kappa shape index (κ1) is 23.9. The van der Waals surface area contributed by atoms with Gasteiger partial charge in [-0.2, -0.15) is 5.10 Å². The Kier molecular flexibility index (Phi) is 6.91. The van der Waals surface area contributed by atoms with Crippen molar-refractivity contribution in [2.75, 3.05) is 27.2 Å². The van der Waals surface area contributed by atoms with E-state index in [1.807, 2.05) is 17.7 Å². The standard InChI is InChI=1S/C23H27ClF2N4O2S/c1-29(2)22(32)18-4-3-16(13-19(18)24)20-28-27-14-33(20)17-7-11-30(12-8-17)21(31)15-5-9-23(25,26)10-6-15/h3-4,7,13-15,33H,5-6,8-12H2,1-2H3. The maximum atomic E-state index is 13.4. The van der Waals surface area contributed by atoms with E-state index in [0.717, 1.165) is 10.6 Å². The van der Waals surface area contributed by atoms with Crippen molar-refractivity contribution < 1.29 is 18.4 Å². The Hall–Kier alpha value is -2.26. The van der Waals surface area contributed by atoms with E-state index in [0.29, 0.717) is 30.1 Å². The first-order chi connectivity index (χ1) is 15.7. The summed E-state index contributed by atoms with van der Waals surface area (Å²) in [7, 11) is 2.46. The van der Waals surface area contributed by atoms with Crippen LogP contribution in [0.2, 0.25) is 5.02 Å². The average Bonchev–Trinajstić information content (AvgIpc) is 3.28. The second-order valence-electron chi connectivity index (χ2n) is 8.78. The van der Waals surface area contributed by atoms with E-state index in [4.69, 9.17) is 11.6 Å². The van der Waals surface area contributed by atoms with Crippen molar-refractivity contribution in [1.82, 2.24) is 9.80 Å². The normalized spacial score (nSPS) is 23.8.